The largest absolute Gasteiger partial charge is 0.369 e. The van der Waals surface area contributed by atoms with Crippen molar-refractivity contribution in [1.82, 2.24) is 4.90 Å². The fourth-order valence-electron chi connectivity index (χ4n) is 2.41. The Morgan fingerprint density at radius 2 is 1.38 bits per heavy atom. The zero-order chi connectivity index (χ0) is 13.3. The van der Waals surface area contributed by atoms with Gasteiger partial charge in [0.2, 0.25) is 5.91 Å². The van der Waals surface area contributed by atoms with Crippen molar-refractivity contribution in [3.63, 3.8) is 0 Å². The molecule has 1 heterocycles. The number of hydrogen-bond acceptors (Lipinski definition) is 2. The molecule has 1 saturated heterocycles. The summed E-state index contributed by atoms with van der Waals surface area (Å²) in [7, 11) is 2.09. The second-order valence-electron chi connectivity index (χ2n) is 4.10. The fourth-order valence-corrected chi connectivity index (χ4v) is 2.41. The van der Waals surface area contributed by atoms with Crippen molar-refractivity contribution in [2.45, 2.75) is 41.5 Å². The van der Waals surface area contributed by atoms with Gasteiger partial charge in [0.1, 0.15) is 0 Å². The second kappa shape index (κ2) is 9.64. The van der Waals surface area contributed by atoms with Gasteiger partial charge in [0.15, 0.2) is 0 Å². The third kappa shape index (κ3) is 5.50. The first-order chi connectivity index (χ1) is 7.52. The van der Waals surface area contributed by atoms with Crippen molar-refractivity contribution in [2.24, 2.45) is 23.5 Å². The number of carbonyl (C=O) groups excluding carboxylic acids is 1. The molecule has 0 aromatic heterocycles. The van der Waals surface area contributed by atoms with Gasteiger partial charge in [-0.3, -0.25) is 4.79 Å². The minimum absolute atomic E-state index is 0.0706. The summed E-state index contributed by atoms with van der Waals surface area (Å²) < 4.78 is 0. The van der Waals surface area contributed by atoms with E-state index >= 15 is 0 Å². The van der Waals surface area contributed by atoms with Gasteiger partial charge in [0.25, 0.3) is 0 Å². The van der Waals surface area contributed by atoms with E-state index in [1.165, 1.54) is 0 Å². The summed E-state index contributed by atoms with van der Waals surface area (Å²) in [5.74, 6) is 0.733. The Hall–Kier alpha value is -0.570. The van der Waals surface area contributed by atoms with Crippen LogP contribution < -0.4 is 5.73 Å². The normalized spacial score (nSPS) is 29.3. The van der Waals surface area contributed by atoms with Crippen LogP contribution in [0.3, 0.4) is 0 Å². The number of amides is 1. The number of carbonyl (C=O) groups is 1. The zero-order valence-electron chi connectivity index (χ0n) is 12.1. The van der Waals surface area contributed by atoms with Crippen LogP contribution in [-0.2, 0) is 4.79 Å². The highest BCUT2D eigenvalue weighted by atomic mass is 16.1. The first-order valence-corrected chi connectivity index (χ1v) is 6.50. The quantitative estimate of drug-likeness (QED) is 0.751. The molecule has 1 amide bonds. The van der Waals surface area contributed by atoms with Crippen molar-refractivity contribution >= 4 is 5.91 Å². The molecule has 2 N–H and O–H groups in total. The highest BCUT2D eigenvalue weighted by molar-refractivity contribution is 5.77. The molecule has 1 aliphatic heterocycles. The van der Waals surface area contributed by atoms with Gasteiger partial charge >= 0.3 is 0 Å². The molecule has 0 bridgehead atoms. The van der Waals surface area contributed by atoms with Crippen LogP contribution in [0.25, 0.3) is 0 Å². The molecule has 2 atom stereocenters. The van der Waals surface area contributed by atoms with E-state index in [9.17, 15) is 4.79 Å². The minimum atomic E-state index is -0.136. The summed E-state index contributed by atoms with van der Waals surface area (Å²) in [5, 5.41) is 0. The highest BCUT2D eigenvalue weighted by Crippen LogP contribution is 2.26. The summed E-state index contributed by atoms with van der Waals surface area (Å²) >= 11 is 0. The SMILES string of the molecule is CC.CC.CC1CN(C)CC(C)C1C(N)=O. The van der Waals surface area contributed by atoms with Crippen LogP contribution in [0.15, 0.2) is 0 Å². The molecule has 0 radical (unpaired) electrons. The number of piperidine rings is 1. The number of nitrogens with two attached hydrogens (primary N) is 1. The standard InChI is InChI=1S/C9H18N2O.2C2H6/c1-6-4-11(3)5-7(2)8(6)9(10)12;2*1-2/h6-8H,4-5H2,1-3H3,(H2,10,12);2*1-2H3. The lowest BCUT2D eigenvalue weighted by atomic mass is 9.79. The van der Waals surface area contributed by atoms with Crippen LogP contribution in [0.2, 0.25) is 0 Å². The maximum absolute atomic E-state index is 11.1. The van der Waals surface area contributed by atoms with E-state index in [-0.39, 0.29) is 11.8 Å². The fraction of sp³-hybridized carbons (Fsp3) is 0.923. The molecule has 2 unspecified atom stereocenters. The second-order valence-corrected chi connectivity index (χ2v) is 4.10. The molecule has 16 heavy (non-hydrogen) atoms. The van der Waals surface area contributed by atoms with Crippen LogP contribution in [0, 0.1) is 17.8 Å². The van der Waals surface area contributed by atoms with Gasteiger partial charge in [-0.1, -0.05) is 41.5 Å². The topological polar surface area (TPSA) is 46.3 Å². The molecule has 0 aromatic rings. The summed E-state index contributed by atoms with van der Waals surface area (Å²) in [6, 6.07) is 0. The van der Waals surface area contributed by atoms with Crippen molar-refractivity contribution in [1.29, 1.82) is 0 Å². The molecule has 1 fully saturated rings. The molecular weight excluding hydrogens is 200 g/mol. The zero-order valence-corrected chi connectivity index (χ0v) is 12.1. The summed E-state index contributed by atoms with van der Waals surface area (Å²) in [6.07, 6.45) is 0. The lowest BCUT2D eigenvalue weighted by Crippen LogP contribution is -2.47. The number of primary amides is 1. The molecule has 0 saturated carbocycles. The van der Waals surface area contributed by atoms with Crippen molar-refractivity contribution < 1.29 is 4.79 Å². The maximum Gasteiger partial charge on any atom is 0.221 e. The molecule has 98 valence electrons. The van der Waals surface area contributed by atoms with Crippen molar-refractivity contribution in [3.8, 4) is 0 Å². The van der Waals surface area contributed by atoms with Crippen LogP contribution in [-0.4, -0.2) is 30.9 Å². The van der Waals surface area contributed by atoms with Gasteiger partial charge in [-0.2, -0.15) is 0 Å². The van der Waals surface area contributed by atoms with E-state index in [2.05, 4.69) is 25.8 Å². The van der Waals surface area contributed by atoms with Crippen molar-refractivity contribution in [2.75, 3.05) is 20.1 Å². The Morgan fingerprint density at radius 1 is 1.06 bits per heavy atom. The van der Waals surface area contributed by atoms with E-state index in [4.69, 9.17) is 5.73 Å². The van der Waals surface area contributed by atoms with E-state index in [0.717, 1.165) is 13.1 Å². The molecule has 3 heteroatoms. The van der Waals surface area contributed by atoms with E-state index in [0.29, 0.717) is 11.8 Å². The monoisotopic (exact) mass is 230 g/mol. The maximum atomic E-state index is 11.1. The Labute approximate surface area is 101 Å². The number of likely N-dealkylation sites (tertiary alicyclic amines) is 1. The van der Waals surface area contributed by atoms with Gasteiger partial charge in [-0.15, -0.1) is 0 Å². The number of nitrogens with zero attached hydrogens (tertiary/aromatic N) is 1. The Kier molecular flexibility index (Phi) is 10.7. The first kappa shape index (κ1) is 17.8. The molecular formula is C13H30N2O. The predicted molar refractivity (Wildman–Crippen MR) is 71.2 cm³/mol. The first-order valence-electron chi connectivity index (χ1n) is 6.50. The van der Waals surface area contributed by atoms with Crippen LogP contribution >= 0.6 is 0 Å². The van der Waals surface area contributed by atoms with Gasteiger partial charge in [0, 0.05) is 19.0 Å². The molecule has 1 aliphatic rings. The molecule has 0 spiro atoms. The smallest absolute Gasteiger partial charge is 0.221 e. The lowest BCUT2D eigenvalue weighted by Gasteiger charge is -2.37. The Balaban J connectivity index is 0. The molecule has 0 aromatic carbocycles. The predicted octanol–water partition coefficient (Wildman–Crippen LogP) is 2.36. The third-order valence-electron chi connectivity index (χ3n) is 2.75. The van der Waals surface area contributed by atoms with Gasteiger partial charge < -0.3 is 10.6 Å². The van der Waals surface area contributed by atoms with E-state index in [1.807, 2.05) is 27.7 Å². The Bertz CT molecular complexity index is 171. The van der Waals surface area contributed by atoms with Crippen molar-refractivity contribution in [3.05, 3.63) is 0 Å². The van der Waals surface area contributed by atoms with Gasteiger partial charge in [0.05, 0.1) is 0 Å². The Morgan fingerprint density at radius 3 is 1.62 bits per heavy atom. The van der Waals surface area contributed by atoms with Gasteiger partial charge in [-0.25, -0.2) is 0 Å². The summed E-state index contributed by atoms with van der Waals surface area (Å²) in [4.78, 5) is 13.3. The third-order valence-corrected chi connectivity index (χ3v) is 2.75. The van der Waals surface area contributed by atoms with E-state index < -0.39 is 0 Å². The average Bonchev–Trinajstić information content (AvgIpc) is 2.21. The van der Waals surface area contributed by atoms with Crippen LogP contribution in [0.4, 0.5) is 0 Å². The summed E-state index contributed by atoms with van der Waals surface area (Å²) in [5.41, 5.74) is 5.34. The molecule has 3 nitrogen and oxygen atoms in total. The highest BCUT2D eigenvalue weighted by Gasteiger charge is 2.33. The molecule has 0 aliphatic carbocycles. The van der Waals surface area contributed by atoms with Gasteiger partial charge in [-0.05, 0) is 18.9 Å². The molecule has 1 rings (SSSR count). The number of rotatable bonds is 1. The minimum Gasteiger partial charge on any atom is -0.369 e. The summed E-state index contributed by atoms with van der Waals surface area (Å²) in [6.45, 7) is 14.2. The van der Waals surface area contributed by atoms with E-state index in [1.54, 1.807) is 0 Å². The lowest BCUT2D eigenvalue weighted by molar-refractivity contribution is -0.127. The average molecular weight is 230 g/mol. The van der Waals surface area contributed by atoms with Crippen LogP contribution in [0.1, 0.15) is 41.5 Å². The van der Waals surface area contributed by atoms with Crippen LogP contribution in [0.5, 0.6) is 0 Å². The number of hydrogen-bond donors (Lipinski definition) is 1.